The molecule has 1 atom stereocenters. The van der Waals surface area contributed by atoms with Crippen molar-refractivity contribution in [3.05, 3.63) is 48.0 Å². The summed E-state index contributed by atoms with van der Waals surface area (Å²) in [6, 6.07) is 8.84. The van der Waals surface area contributed by atoms with Crippen LogP contribution in [0.4, 0.5) is 4.79 Å². The molecule has 0 saturated heterocycles. The van der Waals surface area contributed by atoms with E-state index >= 15 is 0 Å². The molecule has 1 rings (SSSR count). The van der Waals surface area contributed by atoms with Crippen LogP contribution in [0.1, 0.15) is 32.8 Å². The van der Waals surface area contributed by atoms with Gasteiger partial charge in [0.25, 0.3) is 0 Å². The van der Waals surface area contributed by atoms with Crippen LogP contribution in [0.25, 0.3) is 0 Å². The van der Waals surface area contributed by atoms with Gasteiger partial charge in [-0.05, 0) is 39.2 Å². The molecule has 0 aliphatic carbocycles. The molecule has 0 aliphatic rings. The van der Waals surface area contributed by atoms with Crippen molar-refractivity contribution in [1.29, 1.82) is 0 Å². The molecule has 5 heteroatoms. The molecule has 0 unspecified atom stereocenters. The van der Waals surface area contributed by atoms with E-state index in [1.165, 1.54) is 0 Å². The highest BCUT2D eigenvalue weighted by Crippen LogP contribution is 2.08. The molecule has 22 heavy (non-hydrogen) atoms. The van der Waals surface area contributed by atoms with Gasteiger partial charge in [0.05, 0.1) is 0 Å². The molecule has 1 aromatic rings. The number of carbonyl (C=O) groups is 2. The molecular formula is C17H23NO4. The number of hydrogen-bond donors (Lipinski definition) is 2. The summed E-state index contributed by atoms with van der Waals surface area (Å²) in [5.41, 5.74) is 0.488. The van der Waals surface area contributed by atoms with Crippen LogP contribution in [0.3, 0.4) is 0 Å². The summed E-state index contributed by atoms with van der Waals surface area (Å²) in [6.07, 6.45) is 3.85. The third-order valence-corrected chi connectivity index (χ3v) is 2.72. The second-order valence-corrected chi connectivity index (χ2v) is 5.93. The largest absolute Gasteiger partial charge is 0.480 e. The van der Waals surface area contributed by atoms with E-state index in [0.29, 0.717) is 0 Å². The van der Waals surface area contributed by atoms with Gasteiger partial charge < -0.3 is 15.2 Å². The quantitative estimate of drug-likeness (QED) is 0.792. The molecule has 0 fully saturated rings. The van der Waals surface area contributed by atoms with E-state index in [4.69, 9.17) is 9.84 Å². The Morgan fingerprint density at radius 3 is 2.41 bits per heavy atom. The Morgan fingerprint density at radius 1 is 1.23 bits per heavy atom. The van der Waals surface area contributed by atoms with Gasteiger partial charge in [-0.3, -0.25) is 0 Å². The van der Waals surface area contributed by atoms with Gasteiger partial charge >= 0.3 is 12.1 Å². The average molecular weight is 305 g/mol. The Balaban J connectivity index is 2.47. The van der Waals surface area contributed by atoms with Gasteiger partial charge in [0.1, 0.15) is 11.6 Å². The predicted molar refractivity (Wildman–Crippen MR) is 84.7 cm³/mol. The van der Waals surface area contributed by atoms with Crippen LogP contribution >= 0.6 is 0 Å². The van der Waals surface area contributed by atoms with Crippen LogP contribution in [0.5, 0.6) is 0 Å². The maximum atomic E-state index is 11.6. The van der Waals surface area contributed by atoms with Gasteiger partial charge in [-0.2, -0.15) is 0 Å². The average Bonchev–Trinajstić information content (AvgIpc) is 2.41. The van der Waals surface area contributed by atoms with Gasteiger partial charge in [-0.1, -0.05) is 42.5 Å². The van der Waals surface area contributed by atoms with Gasteiger partial charge in [0, 0.05) is 0 Å². The molecule has 0 radical (unpaired) electrons. The zero-order chi connectivity index (χ0) is 16.6. The van der Waals surface area contributed by atoms with E-state index in [1.807, 2.05) is 36.4 Å². The Kier molecular flexibility index (Phi) is 6.63. The molecule has 0 heterocycles. The van der Waals surface area contributed by atoms with Crippen molar-refractivity contribution in [3.8, 4) is 0 Å². The van der Waals surface area contributed by atoms with Crippen molar-refractivity contribution in [3.63, 3.8) is 0 Å². The topological polar surface area (TPSA) is 75.6 Å². The Bertz CT molecular complexity index is 517. The summed E-state index contributed by atoms with van der Waals surface area (Å²) in [6.45, 7) is 5.17. The van der Waals surface area contributed by atoms with Crippen molar-refractivity contribution >= 4 is 12.1 Å². The minimum Gasteiger partial charge on any atom is -0.480 e. The highest BCUT2D eigenvalue weighted by Gasteiger charge is 2.22. The number of carbonyl (C=O) groups excluding carboxylic acids is 1. The summed E-state index contributed by atoms with van der Waals surface area (Å²) in [5, 5.41) is 11.5. The zero-order valence-corrected chi connectivity index (χ0v) is 13.2. The number of carboxylic acids is 1. The lowest BCUT2D eigenvalue weighted by Crippen LogP contribution is -2.43. The SMILES string of the molecule is CC(C)(C)OC(=O)N[C@@H](CC=CCc1ccccc1)C(=O)O. The number of ether oxygens (including phenoxy) is 1. The lowest BCUT2D eigenvalue weighted by molar-refractivity contribution is -0.139. The van der Waals surface area contributed by atoms with Crippen molar-refractivity contribution in [2.75, 3.05) is 0 Å². The highest BCUT2D eigenvalue weighted by atomic mass is 16.6. The summed E-state index contributed by atoms with van der Waals surface area (Å²) < 4.78 is 5.06. The van der Waals surface area contributed by atoms with E-state index in [9.17, 15) is 9.59 Å². The molecule has 0 aromatic heterocycles. The molecule has 120 valence electrons. The molecule has 1 amide bonds. The molecule has 1 aromatic carbocycles. The lowest BCUT2D eigenvalue weighted by atomic mass is 10.1. The third-order valence-electron chi connectivity index (χ3n) is 2.72. The second-order valence-electron chi connectivity index (χ2n) is 5.93. The lowest BCUT2D eigenvalue weighted by Gasteiger charge is -2.21. The number of benzene rings is 1. The fourth-order valence-electron chi connectivity index (χ4n) is 1.74. The minimum atomic E-state index is -1.09. The van der Waals surface area contributed by atoms with Crippen LogP contribution in [0.2, 0.25) is 0 Å². The normalized spacial score (nSPS) is 12.9. The van der Waals surface area contributed by atoms with E-state index in [-0.39, 0.29) is 6.42 Å². The second kappa shape index (κ2) is 8.22. The van der Waals surface area contributed by atoms with Crippen LogP contribution in [0, 0.1) is 0 Å². The molecular weight excluding hydrogens is 282 g/mol. The van der Waals surface area contributed by atoms with Gasteiger partial charge in [0.2, 0.25) is 0 Å². The fourth-order valence-corrected chi connectivity index (χ4v) is 1.74. The molecule has 2 N–H and O–H groups in total. The maximum Gasteiger partial charge on any atom is 0.408 e. The number of alkyl carbamates (subject to hydrolysis) is 1. The van der Waals surface area contributed by atoms with E-state index in [0.717, 1.165) is 12.0 Å². The van der Waals surface area contributed by atoms with E-state index in [2.05, 4.69) is 5.32 Å². The van der Waals surface area contributed by atoms with Crippen LogP contribution in [-0.2, 0) is 16.0 Å². The van der Waals surface area contributed by atoms with E-state index < -0.39 is 23.7 Å². The first-order chi connectivity index (χ1) is 10.3. The number of amides is 1. The van der Waals surface area contributed by atoms with E-state index in [1.54, 1.807) is 26.8 Å². The number of rotatable bonds is 6. The molecule has 0 bridgehead atoms. The van der Waals surface area contributed by atoms with Gasteiger partial charge in [0.15, 0.2) is 0 Å². The Morgan fingerprint density at radius 2 is 1.86 bits per heavy atom. The Hall–Kier alpha value is -2.30. The molecule has 5 nitrogen and oxygen atoms in total. The number of allylic oxidation sites excluding steroid dienone is 1. The summed E-state index contributed by atoms with van der Waals surface area (Å²) in [5.74, 6) is -1.09. The minimum absolute atomic E-state index is 0.210. The first-order valence-corrected chi connectivity index (χ1v) is 7.19. The monoisotopic (exact) mass is 305 g/mol. The number of carboxylic acid groups (broad SMARTS) is 1. The van der Waals surface area contributed by atoms with Crippen LogP contribution in [0.15, 0.2) is 42.5 Å². The number of nitrogens with one attached hydrogen (secondary N) is 1. The van der Waals surface area contributed by atoms with Crippen LogP contribution < -0.4 is 5.32 Å². The molecule has 0 aliphatic heterocycles. The van der Waals surface area contributed by atoms with Gasteiger partial charge in [-0.15, -0.1) is 0 Å². The maximum absolute atomic E-state index is 11.6. The summed E-state index contributed by atoms with van der Waals surface area (Å²) in [4.78, 5) is 22.8. The molecule has 0 spiro atoms. The zero-order valence-electron chi connectivity index (χ0n) is 13.2. The predicted octanol–water partition coefficient (Wildman–Crippen LogP) is 3.15. The first kappa shape index (κ1) is 17.8. The van der Waals surface area contributed by atoms with Crippen molar-refractivity contribution in [1.82, 2.24) is 5.32 Å². The first-order valence-electron chi connectivity index (χ1n) is 7.19. The van der Waals surface area contributed by atoms with Crippen molar-refractivity contribution in [2.45, 2.75) is 45.3 Å². The highest BCUT2D eigenvalue weighted by molar-refractivity contribution is 5.80. The van der Waals surface area contributed by atoms with Crippen molar-refractivity contribution < 1.29 is 19.4 Å². The third kappa shape index (κ3) is 7.47. The summed E-state index contributed by atoms with van der Waals surface area (Å²) in [7, 11) is 0. The van der Waals surface area contributed by atoms with Crippen LogP contribution in [-0.4, -0.2) is 28.8 Å². The fraction of sp³-hybridized carbons (Fsp3) is 0.412. The number of aliphatic carboxylic acids is 1. The van der Waals surface area contributed by atoms with Crippen molar-refractivity contribution in [2.24, 2.45) is 0 Å². The molecule has 0 saturated carbocycles. The van der Waals surface area contributed by atoms with Gasteiger partial charge in [-0.25, -0.2) is 9.59 Å². The Labute approximate surface area is 131 Å². The smallest absolute Gasteiger partial charge is 0.408 e. The number of hydrogen-bond acceptors (Lipinski definition) is 3. The summed E-state index contributed by atoms with van der Waals surface area (Å²) >= 11 is 0. The standard InChI is InChI=1S/C17H23NO4/c1-17(2,3)22-16(21)18-14(15(19)20)12-8-7-11-13-9-5-4-6-10-13/h4-10,14H,11-12H2,1-3H3,(H,18,21)(H,19,20)/t14-/m0/s1.